The predicted octanol–water partition coefficient (Wildman–Crippen LogP) is 2.98. The molecule has 6 heteroatoms. The van der Waals surface area contributed by atoms with Crippen LogP contribution in [0.2, 0.25) is 0 Å². The quantitative estimate of drug-likeness (QED) is 0.605. The minimum atomic E-state index is -3.42. The first kappa shape index (κ1) is 18.5. The maximum absolute atomic E-state index is 13.0. The van der Waals surface area contributed by atoms with E-state index in [1.165, 1.54) is 27.9 Å². The summed E-state index contributed by atoms with van der Waals surface area (Å²) in [5, 5.41) is 1.18. The SMILES string of the molecule is CCCCC#CC=CS(=O)(=O)N1CCN(c2ccc(F)cc2)CC1. The van der Waals surface area contributed by atoms with E-state index in [1.807, 2.05) is 0 Å². The predicted molar refractivity (Wildman–Crippen MR) is 95.5 cm³/mol. The van der Waals surface area contributed by atoms with Crippen LogP contribution in [0.25, 0.3) is 0 Å². The van der Waals surface area contributed by atoms with E-state index >= 15 is 0 Å². The number of unbranched alkanes of at least 4 members (excludes halogenated alkanes) is 2. The van der Waals surface area contributed by atoms with Crippen molar-refractivity contribution in [1.29, 1.82) is 0 Å². The number of nitrogens with zero attached hydrogens (tertiary/aromatic N) is 2. The molecule has 1 fully saturated rings. The highest BCUT2D eigenvalue weighted by atomic mass is 32.2. The Labute approximate surface area is 144 Å². The molecule has 1 aromatic carbocycles. The van der Waals surface area contributed by atoms with Gasteiger partial charge in [0.2, 0.25) is 10.0 Å². The average Bonchev–Trinajstić information content (AvgIpc) is 2.59. The zero-order valence-electron chi connectivity index (χ0n) is 13.9. The highest BCUT2D eigenvalue weighted by Gasteiger charge is 2.24. The van der Waals surface area contributed by atoms with Gasteiger partial charge < -0.3 is 4.90 Å². The highest BCUT2D eigenvalue weighted by molar-refractivity contribution is 7.92. The number of halogens is 1. The van der Waals surface area contributed by atoms with Gasteiger partial charge in [0.05, 0.1) is 5.41 Å². The number of allylic oxidation sites excluding steroid dienone is 1. The summed E-state index contributed by atoms with van der Waals surface area (Å²) in [7, 11) is -3.42. The van der Waals surface area contributed by atoms with Gasteiger partial charge in [0.1, 0.15) is 5.82 Å². The summed E-state index contributed by atoms with van der Waals surface area (Å²) in [6.45, 7) is 4.08. The van der Waals surface area contributed by atoms with Gasteiger partial charge in [0.15, 0.2) is 0 Å². The van der Waals surface area contributed by atoms with Crippen molar-refractivity contribution in [3.8, 4) is 11.8 Å². The lowest BCUT2D eigenvalue weighted by Gasteiger charge is -2.34. The van der Waals surface area contributed by atoms with Crippen molar-refractivity contribution in [2.45, 2.75) is 26.2 Å². The van der Waals surface area contributed by atoms with Gasteiger partial charge in [0.25, 0.3) is 0 Å². The Bertz CT molecular complexity index is 710. The van der Waals surface area contributed by atoms with E-state index in [4.69, 9.17) is 0 Å². The summed E-state index contributed by atoms with van der Waals surface area (Å²) in [4.78, 5) is 2.06. The first-order valence-corrected chi connectivity index (χ1v) is 9.69. The lowest BCUT2D eigenvalue weighted by atomic mass is 10.2. The molecule has 0 spiro atoms. The molecular weight excluding hydrogens is 327 g/mol. The van der Waals surface area contributed by atoms with Crippen molar-refractivity contribution in [3.05, 3.63) is 41.6 Å². The summed E-state index contributed by atoms with van der Waals surface area (Å²) in [5.74, 6) is 5.44. The van der Waals surface area contributed by atoms with Crippen LogP contribution in [0.5, 0.6) is 0 Å². The van der Waals surface area contributed by atoms with Crippen LogP contribution in [0.15, 0.2) is 35.7 Å². The standard InChI is InChI=1S/C18H23FN2O2S/c1-2-3-4-5-6-7-16-24(22,23)21-14-12-20(13-15-21)18-10-8-17(19)9-11-18/h7-11,16H,2-4,12-15H2,1H3. The van der Waals surface area contributed by atoms with E-state index < -0.39 is 10.0 Å². The number of rotatable bonds is 5. The zero-order chi connectivity index (χ0) is 17.4. The van der Waals surface area contributed by atoms with Crippen LogP contribution in [0.4, 0.5) is 10.1 Å². The number of benzene rings is 1. The molecule has 0 bridgehead atoms. The first-order chi connectivity index (χ1) is 11.5. The lowest BCUT2D eigenvalue weighted by molar-refractivity contribution is 0.390. The molecule has 0 amide bonds. The molecule has 2 rings (SSSR count). The Balaban J connectivity index is 1.89. The largest absolute Gasteiger partial charge is 0.369 e. The van der Waals surface area contributed by atoms with Crippen molar-refractivity contribution < 1.29 is 12.8 Å². The van der Waals surface area contributed by atoms with Crippen LogP contribution in [-0.2, 0) is 10.0 Å². The van der Waals surface area contributed by atoms with Crippen molar-refractivity contribution in [2.75, 3.05) is 31.1 Å². The van der Waals surface area contributed by atoms with Gasteiger partial charge in [-0.05, 0) is 30.7 Å². The average molecular weight is 350 g/mol. The summed E-state index contributed by atoms with van der Waals surface area (Å²) in [6.07, 6.45) is 4.31. The number of sulfonamides is 1. The van der Waals surface area contributed by atoms with Crippen molar-refractivity contribution in [3.63, 3.8) is 0 Å². The third kappa shape index (κ3) is 5.36. The van der Waals surface area contributed by atoms with Crippen LogP contribution in [0.3, 0.4) is 0 Å². The van der Waals surface area contributed by atoms with Gasteiger partial charge in [-0.15, -0.1) is 0 Å². The maximum atomic E-state index is 13.0. The van der Waals surface area contributed by atoms with Crippen molar-refractivity contribution in [1.82, 2.24) is 4.31 Å². The molecule has 0 atom stereocenters. The van der Waals surface area contributed by atoms with E-state index in [2.05, 4.69) is 23.7 Å². The van der Waals surface area contributed by atoms with Crippen LogP contribution in [0, 0.1) is 17.7 Å². The molecule has 1 aromatic rings. The molecule has 130 valence electrons. The topological polar surface area (TPSA) is 40.6 Å². The highest BCUT2D eigenvalue weighted by Crippen LogP contribution is 2.18. The van der Waals surface area contributed by atoms with Crippen LogP contribution >= 0.6 is 0 Å². The second-order valence-corrected chi connectivity index (χ2v) is 7.45. The van der Waals surface area contributed by atoms with E-state index in [0.29, 0.717) is 26.2 Å². The molecule has 1 aliphatic rings. The first-order valence-electron chi connectivity index (χ1n) is 8.18. The lowest BCUT2D eigenvalue weighted by Crippen LogP contribution is -2.48. The third-order valence-corrected chi connectivity index (χ3v) is 5.44. The van der Waals surface area contributed by atoms with E-state index in [9.17, 15) is 12.8 Å². The second-order valence-electron chi connectivity index (χ2n) is 5.63. The molecule has 1 aliphatic heterocycles. The fraction of sp³-hybridized carbons (Fsp3) is 0.444. The van der Waals surface area contributed by atoms with Gasteiger partial charge in [-0.25, -0.2) is 12.8 Å². The Morgan fingerprint density at radius 1 is 1.17 bits per heavy atom. The number of hydrogen-bond acceptors (Lipinski definition) is 3. The van der Waals surface area contributed by atoms with Gasteiger partial charge in [-0.1, -0.05) is 25.2 Å². The molecule has 1 heterocycles. The minimum absolute atomic E-state index is 0.273. The summed E-state index contributed by atoms with van der Waals surface area (Å²) in [5.41, 5.74) is 0.908. The Hall–Kier alpha value is -1.84. The smallest absolute Gasteiger partial charge is 0.236 e. The second kappa shape index (κ2) is 8.86. The van der Waals surface area contributed by atoms with Gasteiger partial charge >= 0.3 is 0 Å². The van der Waals surface area contributed by atoms with Crippen LogP contribution in [0.1, 0.15) is 26.2 Å². The fourth-order valence-corrected chi connectivity index (χ4v) is 3.54. The summed E-state index contributed by atoms with van der Waals surface area (Å²) < 4.78 is 39.0. The van der Waals surface area contributed by atoms with Crippen LogP contribution < -0.4 is 4.90 Å². The molecule has 0 aliphatic carbocycles. The Morgan fingerprint density at radius 2 is 1.83 bits per heavy atom. The molecule has 24 heavy (non-hydrogen) atoms. The van der Waals surface area contributed by atoms with Crippen molar-refractivity contribution in [2.24, 2.45) is 0 Å². The molecular formula is C18H23FN2O2S. The molecule has 0 N–H and O–H groups in total. The molecule has 0 saturated carbocycles. The summed E-state index contributed by atoms with van der Waals surface area (Å²) in [6, 6.07) is 6.26. The number of piperazine rings is 1. The van der Waals surface area contributed by atoms with Gasteiger partial charge in [-0.3, -0.25) is 0 Å². The minimum Gasteiger partial charge on any atom is -0.369 e. The molecule has 0 aromatic heterocycles. The summed E-state index contributed by atoms with van der Waals surface area (Å²) >= 11 is 0. The molecule has 1 saturated heterocycles. The van der Waals surface area contributed by atoms with E-state index in [0.717, 1.165) is 24.9 Å². The van der Waals surface area contributed by atoms with E-state index in [1.54, 1.807) is 12.1 Å². The Kier molecular flexibility index (Phi) is 6.83. The monoisotopic (exact) mass is 350 g/mol. The zero-order valence-corrected chi connectivity index (χ0v) is 14.7. The van der Waals surface area contributed by atoms with Crippen molar-refractivity contribution >= 4 is 15.7 Å². The third-order valence-electron chi connectivity index (χ3n) is 3.87. The fourth-order valence-electron chi connectivity index (χ4n) is 2.46. The van der Waals surface area contributed by atoms with Crippen LogP contribution in [-0.4, -0.2) is 38.9 Å². The normalized spacial score (nSPS) is 16.2. The van der Waals surface area contributed by atoms with Gasteiger partial charge in [-0.2, -0.15) is 4.31 Å². The maximum Gasteiger partial charge on any atom is 0.236 e. The number of anilines is 1. The van der Waals surface area contributed by atoms with Gasteiger partial charge in [0, 0.05) is 44.4 Å². The number of hydrogen-bond donors (Lipinski definition) is 0. The molecule has 4 nitrogen and oxygen atoms in total. The van der Waals surface area contributed by atoms with E-state index in [-0.39, 0.29) is 5.82 Å². The Morgan fingerprint density at radius 3 is 2.46 bits per heavy atom. The molecule has 0 radical (unpaired) electrons. The molecule has 0 unspecified atom stereocenters.